The predicted molar refractivity (Wildman–Crippen MR) is 113 cm³/mol. The number of carbonyl (C=O) groups is 1. The summed E-state index contributed by atoms with van der Waals surface area (Å²) >= 11 is 0. The lowest BCUT2D eigenvalue weighted by Gasteiger charge is -2.14. The molecule has 0 bridgehead atoms. The van der Waals surface area contributed by atoms with Crippen molar-refractivity contribution in [3.05, 3.63) is 76.3 Å². The number of carbonyl (C=O) groups excluding carboxylic acids is 1. The summed E-state index contributed by atoms with van der Waals surface area (Å²) in [5.41, 5.74) is 2.44. The van der Waals surface area contributed by atoms with E-state index in [1.807, 2.05) is 0 Å². The number of anilines is 1. The van der Waals surface area contributed by atoms with Crippen molar-refractivity contribution < 1.29 is 23.9 Å². The second kappa shape index (κ2) is 8.95. The Hall–Kier alpha value is -4.07. The van der Waals surface area contributed by atoms with Crippen LogP contribution in [0.3, 0.4) is 0 Å². The summed E-state index contributed by atoms with van der Waals surface area (Å²) in [4.78, 5) is 23.2. The molecule has 0 aliphatic carbocycles. The molecule has 154 valence electrons. The largest absolute Gasteiger partial charge is 0.493 e. The molecule has 0 aliphatic rings. The van der Waals surface area contributed by atoms with Crippen LogP contribution in [0.4, 0.5) is 11.4 Å². The maximum atomic E-state index is 12.7. The number of hydrogen-bond acceptors (Lipinski definition) is 6. The fourth-order valence-corrected chi connectivity index (χ4v) is 2.96. The number of nitro groups is 1. The second-order valence-corrected chi connectivity index (χ2v) is 6.25. The highest BCUT2D eigenvalue weighted by Gasteiger charge is 2.17. The number of nitro benzene ring substituents is 1. The molecule has 8 nitrogen and oxygen atoms in total. The van der Waals surface area contributed by atoms with Crippen molar-refractivity contribution in [2.24, 2.45) is 0 Å². The van der Waals surface area contributed by atoms with E-state index in [0.29, 0.717) is 34.1 Å². The van der Waals surface area contributed by atoms with E-state index in [1.54, 1.807) is 48.5 Å². The third-order valence-corrected chi connectivity index (χ3v) is 4.46. The molecular weight excluding hydrogens is 388 g/mol. The molecule has 0 radical (unpaired) electrons. The van der Waals surface area contributed by atoms with Crippen LogP contribution in [0, 0.1) is 10.1 Å². The first-order valence-electron chi connectivity index (χ1n) is 8.93. The van der Waals surface area contributed by atoms with Gasteiger partial charge in [0, 0.05) is 23.4 Å². The number of amides is 1. The Morgan fingerprint density at radius 3 is 2.03 bits per heavy atom. The number of hydrogen-bond donors (Lipinski definition) is 1. The molecule has 3 aromatic carbocycles. The Balaban J connectivity index is 1.81. The predicted octanol–water partition coefficient (Wildman–Crippen LogP) is 4.54. The number of methoxy groups -OCH3 is 3. The summed E-state index contributed by atoms with van der Waals surface area (Å²) in [6, 6.07) is 16.5. The number of nitrogens with zero attached hydrogens (tertiary/aromatic N) is 1. The molecule has 0 atom stereocenters. The molecular formula is C22H20N2O6. The van der Waals surface area contributed by atoms with Gasteiger partial charge >= 0.3 is 0 Å². The lowest BCUT2D eigenvalue weighted by Crippen LogP contribution is -2.12. The third-order valence-electron chi connectivity index (χ3n) is 4.46. The molecule has 0 saturated heterocycles. The van der Waals surface area contributed by atoms with Crippen LogP contribution in [-0.2, 0) is 0 Å². The van der Waals surface area contributed by atoms with E-state index in [0.717, 1.165) is 5.56 Å². The van der Waals surface area contributed by atoms with Crippen molar-refractivity contribution in [1.29, 1.82) is 0 Å². The molecule has 0 heterocycles. The average Bonchev–Trinajstić information content (AvgIpc) is 2.78. The molecule has 0 aromatic heterocycles. The fourth-order valence-electron chi connectivity index (χ4n) is 2.96. The van der Waals surface area contributed by atoms with Gasteiger partial charge in [0.15, 0.2) is 11.5 Å². The van der Waals surface area contributed by atoms with Crippen molar-refractivity contribution in [2.75, 3.05) is 26.6 Å². The van der Waals surface area contributed by atoms with Crippen molar-refractivity contribution in [3.63, 3.8) is 0 Å². The summed E-state index contributed by atoms with van der Waals surface area (Å²) in [6.07, 6.45) is 0. The summed E-state index contributed by atoms with van der Waals surface area (Å²) in [5, 5.41) is 13.8. The lowest BCUT2D eigenvalue weighted by atomic mass is 10.0. The zero-order valence-corrected chi connectivity index (χ0v) is 16.7. The quantitative estimate of drug-likeness (QED) is 0.455. The number of non-ortho nitro benzene ring substituents is 1. The maximum absolute atomic E-state index is 12.7. The van der Waals surface area contributed by atoms with Crippen LogP contribution in [0.5, 0.6) is 17.2 Å². The van der Waals surface area contributed by atoms with Gasteiger partial charge in [0.2, 0.25) is 5.75 Å². The van der Waals surface area contributed by atoms with Crippen molar-refractivity contribution >= 4 is 17.3 Å². The van der Waals surface area contributed by atoms with Crippen LogP contribution in [-0.4, -0.2) is 32.2 Å². The number of benzene rings is 3. The summed E-state index contributed by atoms with van der Waals surface area (Å²) in [7, 11) is 4.44. The van der Waals surface area contributed by atoms with Gasteiger partial charge in [-0.25, -0.2) is 0 Å². The Morgan fingerprint density at radius 1 is 0.867 bits per heavy atom. The number of ether oxygens (including phenoxy) is 3. The highest BCUT2D eigenvalue weighted by molar-refractivity contribution is 6.05. The van der Waals surface area contributed by atoms with Crippen LogP contribution in [0.1, 0.15) is 10.4 Å². The van der Waals surface area contributed by atoms with E-state index < -0.39 is 4.92 Å². The molecule has 0 spiro atoms. The second-order valence-electron chi connectivity index (χ2n) is 6.25. The van der Waals surface area contributed by atoms with E-state index in [1.165, 1.54) is 33.5 Å². The van der Waals surface area contributed by atoms with Crippen LogP contribution in [0.2, 0.25) is 0 Å². The van der Waals surface area contributed by atoms with Gasteiger partial charge in [-0.1, -0.05) is 24.3 Å². The van der Waals surface area contributed by atoms with E-state index >= 15 is 0 Å². The Bertz CT molecular complexity index is 1050. The van der Waals surface area contributed by atoms with Gasteiger partial charge < -0.3 is 19.5 Å². The first-order chi connectivity index (χ1) is 14.5. The molecule has 8 heteroatoms. The average molecular weight is 408 g/mol. The van der Waals surface area contributed by atoms with Crippen LogP contribution in [0.25, 0.3) is 11.1 Å². The highest BCUT2D eigenvalue weighted by atomic mass is 16.6. The molecule has 0 saturated carbocycles. The monoisotopic (exact) mass is 408 g/mol. The van der Waals surface area contributed by atoms with Crippen LogP contribution >= 0.6 is 0 Å². The Labute approximate surface area is 173 Å². The number of rotatable bonds is 7. The highest BCUT2D eigenvalue weighted by Crippen LogP contribution is 2.38. The Morgan fingerprint density at radius 2 is 1.50 bits per heavy atom. The smallest absolute Gasteiger partial charge is 0.270 e. The van der Waals surface area contributed by atoms with Gasteiger partial charge in [0.1, 0.15) is 0 Å². The molecule has 0 aliphatic heterocycles. The van der Waals surface area contributed by atoms with Gasteiger partial charge in [-0.3, -0.25) is 14.9 Å². The first kappa shape index (κ1) is 20.7. The summed E-state index contributed by atoms with van der Waals surface area (Å²) < 4.78 is 15.8. The van der Waals surface area contributed by atoms with Crippen molar-refractivity contribution in [3.8, 4) is 28.4 Å². The minimum atomic E-state index is -0.435. The Kier molecular flexibility index (Phi) is 6.17. The lowest BCUT2D eigenvalue weighted by molar-refractivity contribution is -0.384. The SMILES string of the molecule is COc1cc(C(=O)Nc2ccc(-c3cccc([N+](=O)[O-])c3)cc2)cc(OC)c1OC. The molecule has 1 N–H and O–H groups in total. The maximum Gasteiger partial charge on any atom is 0.270 e. The molecule has 0 unspecified atom stereocenters. The standard InChI is InChI=1S/C22H20N2O6/c1-28-19-12-16(13-20(29-2)21(19)30-3)22(25)23-17-9-7-14(8-10-17)15-5-4-6-18(11-15)24(26)27/h4-13H,1-3H3,(H,23,25). The van der Waals surface area contributed by atoms with Gasteiger partial charge in [-0.2, -0.15) is 0 Å². The third kappa shape index (κ3) is 4.33. The molecule has 1 amide bonds. The molecule has 3 aromatic rings. The topological polar surface area (TPSA) is 99.9 Å². The van der Waals surface area contributed by atoms with Gasteiger partial charge in [0.05, 0.1) is 26.3 Å². The van der Waals surface area contributed by atoms with Gasteiger partial charge in [0.25, 0.3) is 11.6 Å². The molecule has 3 rings (SSSR count). The van der Waals surface area contributed by atoms with Crippen LogP contribution < -0.4 is 19.5 Å². The molecule has 30 heavy (non-hydrogen) atoms. The van der Waals surface area contributed by atoms with Crippen LogP contribution in [0.15, 0.2) is 60.7 Å². The summed E-state index contributed by atoms with van der Waals surface area (Å²) in [5.74, 6) is 0.807. The van der Waals surface area contributed by atoms with E-state index in [2.05, 4.69) is 5.32 Å². The van der Waals surface area contributed by atoms with E-state index in [-0.39, 0.29) is 11.6 Å². The normalized spacial score (nSPS) is 10.2. The van der Waals surface area contributed by atoms with E-state index in [4.69, 9.17) is 14.2 Å². The minimum absolute atomic E-state index is 0.0206. The zero-order valence-electron chi connectivity index (χ0n) is 16.7. The number of nitrogens with one attached hydrogen (secondary N) is 1. The zero-order chi connectivity index (χ0) is 21.7. The summed E-state index contributed by atoms with van der Waals surface area (Å²) in [6.45, 7) is 0. The first-order valence-corrected chi connectivity index (χ1v) is 8.93. The van der Waals surface area contributed by atoms with E-state index in [9.17, 15) is 14.9 Å². The van der Waals surface area contributed by atoms with Crippen molar-refractivity contribution in [2.45, 2.75) is 0 Å². The van der Waals surface area contributed by atoms with Crippen molar-refractivity contribution in [1.82, 2.24) is 0 Å². The van der Waals surface area contributed by atoms with Gasteiger partial charge in [-0.15, -0.1) is 0 Å². The minimum Gasteiger partial charge on any atom is -0.493 e. The van der Waals surface area contributed by atoms with Gasteiger partial charge in [-0.05, 0) is 35.4 Å². The fraction of sp³-hybridized carbons (Fsp3) is 0.136. The molecule has 0 fully saturated rings.